The summed E-state index contributed by atoms with van der Waals surface area (Å²) in [6.07, 6.45) is 2.98. The third-order valence-electron chi connectivity index (χ3n) is 4.28. The molecular weight excluding hydrogens is 459 g/mol. The smallest absolute Gasteiger partial charge is 0.337 e. The van der Waals surface area contributed by atoms with Gasteiger partial charge in [0.2, 0.25) is 4.96 Å². The first kappa shape index (κ1) is 21.0. The summed E-state index contributed by atoms with van der Waals surface area (Å²) in [6, 6.07) is 11.8. The van der Waals surface area contributed by atoms with Crippen LogP contribution in [0.25, 0.3) is 22.3 Å². The molecule has 0 fully saturated rings. The molecule has 0 aliphatic rings. The number of esters is 1. The number of ether oxygens (including phenoxy) is 1. The Morgan fingerprint density at radius 1 is 1.16 bits per heavy atom. The van der Waals surface area contributed by atoms with Crippen molar-refractivity contribution < 1.29 is 14.3 Å². The highest BCUT2D eigenvalue weighted by atomic mass is 35.5. The lowest BCUT2D eigenvalue weighted by Crippen LogP contribution is -2.09. The van der Waals surface area contributed by atoms with Crippen molar-refractivity contribution in [1.82, 2.24) is 14.6 Å². The van der Waals surface area contributed by atoms with Crippen LogP contribution in [0.5, 0.6) is 0 Å². The van der Waals surface area contributed by atoms with Crippen molar-refractivity contribution in [3.05, 3.63) is 75.1 Å². The zero-order chi connectivity index (χ0) is 22.0. The van der Waals surface area contributed by atoms with Crippen molar-refractivity contribution in [1.29, 1.82) is 0 Å². The predicted octanol–water partition coefficient (Wildman–Crippen LogP) is 5.20. The first-order valence-corrected chi connectivity index (χ1v) is 10.6. The topological polar surface area (TPSA) is 85.6 Å². The van der Waals surface area contributed by atoms with E-state index in [1.165, 1.54) is 24.5 Å². The highest BCUT2D eigenvalue weighted by Crippen LogP contribution is 2.33. The van der Waals surface area contributed by atoms with Gasteiger partial charge in [0.25, 0.3) is 11.9 Å². The number of thiazole rings is 1. The molecular formula is C21H14Cl2N4O3S. The lowest BCUT2D eigenvalue weighted by Gasteiger charge is -2.03. The van der Waals surface area contributed by atoms with Crippen molar-refractivity contribution >= 4 is 63.4 Å². The lowest BCUT2D eigenvalue weighted by atomic mass is 10.1. The molecule has 0 saturated carbocycles. The third-order valence-corrected chi connectivity index (χ3v) is 5.66. The van der Waals surface area contributed by atoms with Crippen molar-refractivity contribution in [2.24, 2.45) is 0 Å². The van der Waals surface area contributed by atoms with E-state index in [-0.39, 0.29) is 5.95 Å². The van der Waals surface area contributed by atoms with Crippen LogP contribution in [0.4, 0.5) is 5.95 Å². The van der Waals surface area contributed by atoms with Crippen LogP contribution in [0.2, 0.25) is 10.0 Å². The van der Waals surface area contributed by atoms with Crippen LogP contribution in [0, 0.1) is 0 Å². The standard InChI is InChI=1S/C21H14Cl2N4O3S/c1-30-19(29)13-5-2-12(3-6-13)4-9-18(28)24-20-25-21-27(26-20)17(11-31-21)15-10-14(22)7-8-16(15)23/h2-11H,1H3,(H,24,26,28)/b9-4+. The minimum Gasteiger partial charge on any atom is -0.465 e. The molecule has 156 valence electrons. The van der Waals surface area contributed by atoms with Crippen LogP contribution in [0.3, 0.4) is 0 Å². The molecule has 0 bridgehead atoms. The molecule has 4 rings (SSSR count). The Morgan fingerprint density at radius 3 is 2.68 bits per heavy atom. The molecule has 0 spiro atoms. The number of fused-ring (bicyclic) bond motifs is 1. The van der Waals surface area contributed by atoms with Crippen LogP contribution in [-0.2, 0) is 9.53 Å². The molecule has 31 heavy (non-hydrogen) atoms. The van der Waals surface area contributed by atoms with Gasteiger partial charge < -0.3 is 4.74 Å². The number of nitrogens with one attached hydrogen (secondary N) is 1. The number of rotatable bonds is 5. The number of hydrogen-bond acceptors (Lipinski definition) is 6. The molecule has 1 N–H and O–H groups in total. The van der Waals surface area contributed by atoms with Gasteiger partial charge >= 0.3 is 5.97 Å². The summed E-state index contributed by atoms with van der Waals surface area (Å²) in [5, 5.41) is 9.95. The normalized spacial score (nSPS) is 11.2. The van der Waals surface area contributed by atoms with Crippen molar-refractivity contribution in [2.75, 3.05) is 12.4 Å². The van der Waals surface area contributed by atoms with Gasteiger partial charge in [-0.25, -0.2) is 9.31 Å². The second-order valence-corrected chi connectivity index (χ2v) is 7.99. The minimum absolute atomic E-state index is 0.168. The van der Waals surface area contributed by atoms with Gasteiger partial charge in [-0.15, -0.1) is 16.4 Å². The van der Waals surface area contributed by atoms with E-state index >= 15 is 0 Å². The molecule has 0 atom stereocenters. The second kappa shape index (κ2) is 8.89. The maximum Gasteiger partial charge on any atom is 0.337 e. The predicted molar refractivity (Wildman–Crippen MR) is 122 cm³/mol. The summed E-state index contributed by atoms with van der Waals surface area (Å²) >= 11 is 13.7. The molecule has 2 heterocycles. The molecule has 0 aliphatic carbocycles. The van der Waals surface area contributed by atoms with E-state index in [9.17, 15) is 9.59 Å². The fraction of sp³-hybridized carbons (Fsp3) is 0.0476. The van der Waals surface area contributed by atoms with Gasteiger partial charge in [0.05, 0.1) is 23.4 Å². The van der Waals surface area contributed by atoms with Crippen molar-refractivity contribution in [3.8, 4) is 11.3 Å². The Balaban J connectivity index is 1.49. The van der Waals surface area contributed by atoms with Gasteiger partial charge in [-0.2, -0.15) is 4.98 Å². The Kier molecular flexibility index (Phi) is 6.03. The van der Waals surface area contributed by atoms with Gasteiger partial charge in [-0.05, 0) is 42.0 Å². The maximum atomic E-state index is 12.3. The van der Waals surface area contributed by atoms with Gasteiger partial charge in [0.15, 0.2) is 0 Å². The fourth-order valence-electron chi connectivity index (χ4n) is 2.79. The van der Waals surface area contributed by atoms with E-state index in [0.717, 1.165) is 16.8 Å². The average molecular weight is 473 g/mol. The quantitative estimate of drug-likeness (QED) is 0.318. The van der Waals surface area contributed by atoms with Crippen LogP contribution in [0.1, 0.15) is 15.9 Å². The number of halogens is 2. The summed E-state index contributed by atoms with van der Waals surface area (Å²) < 4.78 is 6.26. The molecule has 10 heteroatoms. The van der Waals surface area contributed by atoms with Crippen LogP contribution in [0.15, 0.2) is 53.9 Å². The lowest BCUT2D eigenvalue weighted by molar-refractivity contribution is -0.111. The van der Waals surface area contributed by atoms with E-state index in [2.05, 4.69) is 20.1 Å². The number of hydrogen-bond donors (Lipinski definition) is 1. The first-order chi connectivity index (χ1) is 14.9. The van der Waals surface area contributed by atoms with E-state index < -0.39 is 11.9 Å². The van der Waals surface area contributed by atoms with Gasteiger partial charge in [0, 0.05) is 22.0 Å². The first-order valence-electron chi connectivity index (χ1n) is 8.92. The number of amides is 1. The number of carbonyl (C=O) groups is 2. The SMILES string of the molecule is COC(=O)c1ccc(/C=C/C(=O)Nc2nc3scc(-c4cc(Cl)ccc4Cl)n3n2)cc1. The molecule has 0 saturated heterocycles. The fourth-order valence-corrected chi connectivity index (χ4v) is 3.99. The van der Waals surface area contributed by atoms with Gasteiger partial charge in [-0.1, -0.05) is 35.3 Å². The summed E-state index contributed by atoms with van der Waals surface area (Å²) in [7, 11) is 1.32. The molecule has 2 aromatic carbocycles. The number of carbonyl (C=O) groups excluding carboxylic acids is 2. The molecule has 1 amide bonds. The molecule has 0 radical (unpaired) electrons. The molecule has 7 nitrogen and oxygen atoms in total. The minimum atomic E-state index is -0.419. The number of benzene rings is 2. The second-order valence-electron chi connectivity index (χ2n) is 6.31. The molecule has 0 aliphatic heterocycles. The molecule has 0 unspecified atom stereocenters. The summed E-state index contributed by atoms with van der Waals surface area (Å²) in [5.41, 5.74) is 2.63. The summed E-state index contributed by atoms with van der Waals surface area (Å²) in [5.74, 6) is -0.642. The summed E-state index contributed by atoms with van der Waals surface area (Å²) in [4.78, 5) is 28.6. The highest BCUT2D eigenvalue weighted by molar-refractivity contribution is 7.15. The largest absolute Gasteiger partial charge is 0.465 e. The van der Waals surface area contributed by atoms with Crippen molar-refractivity contribution in [3.63, 3.8) is 0 Å². The number of anilines is 1. The van der Waals surface area contributed by atoms with Gasteiger partial charge in [-0.3, -0.25) is 10.1 Å². The Hall–Kier alpha value is -3.20. The Bertz CT molecular complexity index is 1310. The highest BCUT2D eigenvalue weighted by Gasteiger charge is 2.15. The zero-order valence-electron chi connectivity index (χ0n) is 16.0. The average Bonchev–Trinajstić information content (AvgIpc) is 3.34. The Morgan fingerprint density at radius 2 is 1.94 bits per heavy atom. The van der Waals surface area contributed by atoms with Crippen LogP contribution < -0.4 is 5.32 Å². The van der Waals surface area contributed by atoms with E-state index in [4.69, 9.17) is 23.2 Å². The zero-order valence-corrected chi connectivity index (χ0v) is 18.3. The monoisotopic (exact) mass is 472 g/mol. The van der Waals surface area contributed by atoms with Crippen LogP contribution >= 0.6 is 34.5 Å². The number of aromatic nitrogens is 3. The van der Waals surface area contributed by atoms with E-state index in [0.29, 0.717) is 20.6 Å². The summed E-state index contributed by atoms with van der Waals surface area (Å²) in [6.45, 7) is 0. The van der Waals surface area contributed by atoms with E-state index in [1.54, 1.807) is 53.1 Å². The third kappa shape index (κ3) is 4.61. The molecule has 2 aromatic heterocycles. The molecule has 4 aromatic rings. The van der Waals surface area contributed by atoms with E-state index in [1.807, 2.05) is 5.38 Å². The number of nitrogens with zero attached hydrogens (tertiary/aromatic N) is 3. The van der Waals surface area contributed by atoms with Crippen molar-refractivity contribution in [2.45, 2.75) is 0 Å². The Labute approximate surface area is 190 Å². The van der Waals surface area contributed by atoms with Crippen LogP contribution in [-0.4, -0.2) is 33.6 Å². The van der Waals surface area contributed by atoms with Gasteiger partial charge in [0.1, 0.15) is 0 Å². The maximum absolute atomic E-state index is 12.3. The number of methoxy groups -OCH3 is 1.